The molecule has 2 atom stereocenters. The lowest BCUT2D eigenvalue weighted by molar-refractivity contribution is -0.147. The molecule has 2 rings (SSSR count). The van der Waals surface area contributed by atoms with Crippen molar-refractivity contribution in [3.8, 4) is 0 Å². The van der Waals surface area contributed by atoms with E-state index in [-0.39, 0.29) is 17.9 Å². The number of halogens is 1. The highest BCUT2D eigenvalue weighted by Crippen LogP contribution is 2.29. The van der Waals surface area contributed by atoms with Crippen molar-refractivity contribution in [2.75, 3.05) is 13.2 Å². The summed E-state index contributed by atoms with van der Waals surface area (Å²) in [6, 6.07) is 8.05. The molecular weight excluding hydrogens is 331 g/mol. The number of benzene rings is 1. The Morgan fingerprint density at radius 2 is 2.29 bits per heavy atom. The topological polar surface area (TPSA) is 50.4 Å². The summed E-state index contributed by atoms with van der Waals surface area (Å²) in [5, 5.41) is 0. The quantitative estimate of drug-likeness (QED) is 0.645. The predicted molar refractivity (Wildman–Crippen MR) is 73.2 cm³/mol. The normalized spacial score (nSPS) is 23.6. The van der Waals surface area contributed by atoms with Crippen molar-refractivity contribution in [3.05, 3.63) is 33.4 Å². The summed E-state index contributed by atoms with van der Waals surface area (Å²) in [5.74, 6) is -0.305. The van der Waals surface area contributed by atoms with Gasteiger partial charge in [-0.2, -0.15) is 0 Å². The van der Waals surface area contributed by atoms with Gasteiger partial charge in [0.1, 0.15) is 0 Å². The summed E-state index contributed by atoms with van der Waals surface area (Å²) in [7, 11) is 0. The van der Waals surface area contributed by atoms with Gasteiger partial charge in [-0.15, -0.1) is 0 Å². The van der Waals surface area contributed by atoms with Crippen LogP contribution in [0.15, 0.2) is 24.3 Å². The lowest BCUT2D eigenvalue weighted by atomic mass is 9.95. The first-order valence-electron chi connectivity index (χ1n) is 5.63. The van der Waals surface area contributed by atoms with E-state index >= 15 is 0 Å². The second kappa shape index (κ2) is 5.79. The average molecular weight is 346 g/mol. The van der Waals surface area contributed by atoms with Crippen molar-refractivity contribution < 1.29 is 9.53 Å². The summed E-state index contributed by atoms with van der Waals surface area (Å²) in [6.07, 6.45) is 0. The lowest BCUT2D eigenvalue weighted by Gasteiger charge is -2.18. The molecule has 1 fully saturated rings. The van der Waals surface area contributed by atoms with Crippen LogP contribution >= 0.6 is 22.6 Å². The number of nitrogens with one attached hydrogen (secondary N) is 2. The van der Waals surface area contributed by atoms with Crippen molar-refractivity contribution in [2.45, 2.75) is 13.0 Å². The van der Waals surface area contributed by atoms with Crippen molar-refractivity contribution in [3.63, 3.8) is 0 Å². The molecule has 0 spiro atoms. The van der Waals surface area contributed by atoms with Crippen LogP contribution < -0.4 is 10.9 Å². The van der Waals surface area contributed by atoms with Crippen LogP contribution in [-0.4, -0.2) is 19.1 Å². The molecule has 4 nitrogen and oxygen atoms in total. The van der Waals surface area contributed by atoms with E-state index in [1.54, 1.807) is 0 Å². The summed E-state index contributed by atoms with van der Waals surface area (Å²) in [4.78, 5) is 11.8. The highest BCUT2D eigenvalue weighted by molar-refractivity contribution is 14.1. The van der Waals surface area contributed by atoms with Gasteiger partial charge in [0.15, 0.2) is 0 Å². The van der Waals surface area contributed by atoms with Crippen LogP contribution in [-0.2, 0) is 9.53 Å². The van der Waals surface area contributed by atoms with Gasteiger partial charge in [0.25, 0.3) is 0 Å². The number of carbonyl (C=O) groups is 1. The standard InChI is InChI=1S/C12H15IN2O2/c1-2-17-12(16)9-7-14-15-11(9)8-5-3-4-6-10(8)13/h3-6,9,11,14-15H,2,7H2,1H3. The van der Waals surface area contributed by atoms with Crippen LogP contribution in [0.5, 0.6) is 0 Å². The maximum absolute atomic E-state index is 11.8. The zero-order valence-electron chi connectivity index (χ0n) is 9.57. The first kappa shape index (κ1) is 12.8. The number of rotatable bonds is 3. The number of hydrogen-bond donors (Lipinski definition) is 2. The van der Waals surface area contributed by atoms with E-state index in [1.165, 1.54) is 0 Å². The second-order valence-electron chi connectivity index (χ2n) is 3.88. The van der Waals surface area contributed by atoms with E-state index in [2.05, 4.69) is 33.4 Å². The number of carbonyl (C=O) groups excluding carboxylic acids is 1. The number of hydrogen-bond acceptors (Lipinski definition) is 4. The van der Waals surface area contributed by atoms with Gasteiger partial charge >= 0.3 is 5.97 Å². The zero-order valence-corrected chi connectivity index (χ0v) is 11.7. The van der Waals surface area contributed by atoms with E-state index in [1.807, 2.05) is 31.2 Å². The number of hydrazine groups is 1. The summed E-state index contributed by atoms with van der Waals surface area (Å²) < 4.78 is 6.25. The number of ether oxygens (including phenoxy) is 1. The monoisotopic (exact) mass is 346 g/mol. The van der Waals surface area contributed by atoms with Gasteiger partial charge in [0.05, 0.1) is 18.6 Å². The van der Waals surface area contributed by atoms with Crippen LogP contribution in [0.2, 0.25) is 0 Å². The summed E-state index contributed by atoms with van der Waals surface area (Å²) in [6.45, 7) is 2.86. The Labute approximate surface area is 114 Å². The van der Waals surface area contributed by atoms with Gasteiger partial charge < -0.3 is 4.74 Å². The molecule has 1 aromatic rings. The molecule has 1 aliphatic heterocycles. The maximum Gasteiger partial charge on any atom is 0.312 e. The molecule has 0 bridgehead atoms. The number of esters is 1. The molecule has 0 aliphatic carbocycles. The highest BCUT2D eigenvalue weighted by atomic mass is 127. The first-order chi connectivity index (χ1) is 8.24. The molecule has 0 amide bonds. The molecule has 0 saturated carbocycles. The summed E-state index contributed by atoms with van der Waals surface area (Å²) in [5.41, 5.74) is 7.32. The fraction of sp³-hybridized carbons (Fsp3) is 0.417. The Kier molecular flexibility index (Phi) is 4.36. The molecule has 1 saturated heterocycles. The third-order valence-electron chi connectivity index (χ3n) is 2.81. The van der Waals surface area contributed by atoms with Crippen LogP contribution in [0.4, 0.5) is 0 Å². The van der Waals surface area contributed by atoms with Gasteiger partial charge in [-0.05, 0) is 41.1 Å². The third kappa shape index (κ3) is 2.78. The van der Waals surface area contributed by atoms with Gasteiger partial charge in [-0.3, -0.25) is 10.2 Å². The van der Waals surface area contributed by atoms with Gasteiger partial charge in [-0.25, -0.2) is 5.43 Å². The molecule has 17 heavy (non-hydrogen) atoms. The van der Waals surface area contributed by atoms with Crippen LogP contribution in [0.1, 0.15) is 18.5 Å². The smallest absolute Gasteiger partial charge is 0.312 e. The Morgan fingerprint density at radius 1 is 1.53 bits per heavy atom. The van der Waals surface area contributed by atoms with Crippen LogP contribution in [0.3, 0.4) is 0 Å². The van der Waals surface area contributed by atoms with Crippen molar-refractivity contribution in [1.29, 1.82) is 0 Å². The van der Waals surface area contributed by atoms with Gasteiger partial charge in [-0.1, -0.05) is 18.2 Å². The maximum atomic E-state index is 11.8. The molecular formula is C12H15IN2O2. The minimum Gasteiger partial charge on any atom is -0.466 e. The molecule has 5 heteroatoms. The molecule has 0 aromatic heterocycles. The minimum absolute atomic E-state index is 0.0119. The van der Waals surface area contributed by atoms with Gasteiger partial charge in [0.2, 0.25) is 0 Å². The second-order valence-corrected chi connectivity index (χ2v) is 5.05. The average Bonchev–Trinajstić information content (AvgIpc) is 2.79. The largest absolute Gasteiger partial charge is 0.466 e. The fourth-order valence-electron chi connectivity index (χ4n) is 1.99. The van der Waals surface area contributed by atoms with E-state index in [4.69, 9.17) is 4.74 Å². The molecule has 1 heterocycles. The van der Waals surface area contributed by atoms with E-state index < -0.39 is 0 Å². The van der Waals surface area contributed by atoms with Crippen LogP contribution in [0, 0.1) is 9.49 Å². The fourth-order valence-corrected chi connectivity index (χ4v) is 2.71. The van der Waals surface area contributed by atoms with E-state index in [0.29, 0.717) is 13.2 Å². The molecule has 92 valence electrons. The molecule has 0 radical (unpaired) electrons. The minimum atomic E-state index is -0.161. The lowest BCUT2D eigenvalue weighted by Crippen LogP contribution is -2.27. The Balaban J connectivity index is 2.20. The third-order valence-corrected chi connectivity index (χ3v) is 3.79. The van der Waals surface area contributed by atoms with E-state index in [0.717, 1.165) is 9.13 Å². The Morgan fingerprint density at radius 3 is 3.00 bits per heavy atom. The van der Waals surface area contributed by atoms with Crippen molar-refractivity contribution in [2.24, 2.45) is 5.92 Å². The van der Waals surface area contributed by atoms with Crippen molar-refractivity contribution in [1.82, 2.24) is 10.9 Å². The van der Waals surface area contributed by atoms with E-state index in [9.17, 15) is 4.79 Å². The predicted octanol–water partition coefficient (Wildman–Crippen LogP) is 1.62. The Bertz CT molecular complexity index is 411. The molecule has 1 aromatic carbocycles. The first-order valence-corrected chi connectivity index (χ1v) is 6.71. The molecule has 1 aliphatic rings. The van der Waals surface area contributed by atoms with Crippen LogP contribution in [0.25, 0.3) is 0 Å². The molecule has 2 N–H and O–H groups in total. The zero-order chi connectivity index (χ0) is 12.3. The summed E-state index contributed by atoms with van der Waals surface area (Å²) >= 11 is 2.28. The SMILES string of the molecule is CCOC(=O)C1CNNC1c1ccccc1I. The molecule has 2 unspecified atom stereocenters. The Hall–Kier alpha value is -0.660. The highest BCUT2D eigenvalue weighted by Gasteiger charge is 2.35. The van der Waals surface area contributed by atoms with Crippen molar-refractivity contribution >= 4 is 28.6 Å². The van der Waals surface area contributed by atoms with Gasteiger partial charge in [0, 0.05) is 10.1 Å².